The lowest BCUT2D eigenvalue weighted by molar-refractivity contribution is 0.582. The Morgan fingerprint density at radius 1 is 1.11 bits per heavy atom. The highest BCUT2D eigenvalue weighted by atomic mass is 32.1. The van der Waals surface area contributed by atoms with Gasteiger partial charge in [0.15, 0.2) is 0 Å². The molecule has 0 atom stereocenters. The maximum Gasteiger partial charge on any atom is 0.142 e. The van der Waals surface area contributed by atoms with E-state index in [1.54, 1.807) is 29.7 Å². The molecule has 3 rings (SSSR count). The van der Waals surface area contributed by atoms with Crippen molar-refractivity contribution < 1.29 is 8.81 Å². The Morgan fingerprint density at radius 3 is 2.56 bits per heavy atom. The molecule has 0 unspecified atom stereocenters. The Hall–Kier alpha value is -1.87. The van der Waals surface area contributed by atoms with Crippen LogP contribution in [0.5, 0.6) is 0 Å². The van der Waals surface area contributed by atoms with Gasteiger partial charge in [-0.05, 0) is 54.3 Å². The van der Waals surface area contributed by atoms with Gasteiger partial charge in [0.05, 0.1) is 6.26 Å². The maximum absolute atomic E-state index is 12.9. The molecule has 0 fully saturated rings. The Kier molecular flexibility index (Phi) is 2.76. The van der Waals surface area contributed by atoms with Gasteiger partial charge in [0.25, 0.3) is 0 Å². The molecule has 2 heterocycles. The molecular weight excluding hydrogens is 247 g/mol. The number of thiophene rings is 1. The molecule has 0 aliphatic rings. The third-order valence-corrected chi connectivity index (χ3v) is 3.85. The molecule has 3 heteroatoms. The normalized spacial score (nSPS) is 10.8. The van der Waals surface area contributed by atoms with Crippen molar-refractivity contribution in [2.24, 2.45) is 0 Å². The summed E-state index contributed by atoms with van der Waals surface area (Å²) in [6.45, 7) is 2.07. The molecular formula is C15H11FOS. The van der Waals surface area contributed by atoms with Crippen LogP contribution in [0.2, 0.25) is 0 Å². The summed E-state index contributed by atoms with van der Waals surface area (Å²) in [6, 6.07) is 10.4. The minimum atomic E-state index is -0.237. The predicted molar refractivity (Wildman–Crippen MR) is 72.2 cm³/mol. The number of halogens is 1. The van der Waals surface area contributed by atoms with Gasteiger partial charge in [-0.3, -0.25) is 0 Å². The molecule has 0 spiro atoms. The van der Waals surface area contributed by atoms with Crippen LogP contribution in [0.1, 0.15) is 5.56 Å². The molecule has 0 aliphatic heterocycles. The van der Waals surface area contributed by atoms with Gasteiger partial charge >= 0.3 is 0 Å². The topological polar surface area (TPSA) is 13.1 Å². The molecule has 0 aliphatic carbocycles. The van der Waals surface area contributed by atoms with E-state index in [0.717, 1.165) is 16.9 Å². The van der Waals surface area contributed by atoms with Crippen molar-refractivity contribution >= 4 is 11.3 Å². The molecule has 0 amide bonds. The highest BCUT2D eigenvalue weighted by Gasteiger charge is 2.12. The largest absolute Gasteiger partial charge is 0.464 e. The predicted octanol–water partition coefficient (Wildman–Crippen LogP) is 5.12. The Balaban J connectivity index is 2.09. The quantitative estimate of drug-likeness (QED) is 0.621. The zero-order chi connectivity index (χ0) is 12.5. The molecule has 3 aromatic rings. The Morgan fingerprint density at radius 2 is 1.89 bits per heavy atom. The highest BCUT2D eigenvalue weighted by Crippen LogP contribution is 2.36. The van der Waals surface area contributed by atoms with Gasteiger partial charge < -0.3 is 4.42 Å². The van der Waals surface area contributed by atoms with Gasteiger partial charge in [-0.15, -0.1) is 11.3 Å². The average Bonchev–Trinajstić information content (AvgIpc) is 2.98. The monoisotopic (exact) mass is 258 g/mol. The molecule has 2 aromatic heterocycles. The summed E-state index contributed by atoms with van der Waals surface area (Å²) in [4.78, 5) is 1.17. The second-order valence-electron chi connectivity index (χ2n) is 4.16. The third-order valence-electron chi connectivity index (χ3n) is 2.77. The standard InChI is InChI=1S/C15H11FOS/c1-10-8-14(18-9-10)13-6-7-17-15(13)11-2-4-12(16)5-3-11/h2-9H,1H3. The average molecular weight is 258 g/mol. The van der Waals surface area contributed by atoms with Crippen molar-refractivity contribution in [2.45, 2.75) is 6.92 Å². The van der Waals surface area contributed by atoms with E-state index in [4.69, 9.17) is 4.42 Å². The van der Waals surface area contributed by atoms with Crippen LogP contribution in [-0.2, 0) is 0 Å². The Labute approximate surface area is 109 Å². The van der Waals surface area contributed by atoms with Gasteiger partial charge in [0, 0.05) is 16.0 Å². The van der Waals surface area contributed by atoms with Crippen LogP contribution in [0.15, 0.2) is 52.5 Å². The molecule has 1 aromatic carbocycles. The summed E-state index contributed by atoms with van der Waals surface area (Å²) in [5, 5.41) is 2.11. The minimum absolute atomic E-state index is 0.237. The highest BCUT2D eigenvalue weighted by molar-refractivity contribution is 7.13. The molecule has 1 nitrogen and oxygen atoms in total. The van der Waals surface area contributed by atoms with E-state index < -0.39 is 0 Å². The first-order chi connectivity index (χ1) is 8.74. The summed E-state index contributed by atoms with van der Waals surface area (Å²) in [6.07, 6.45) is 1.67. The van der Waals surface area contributed by atoms with Crippen molar-refractivity contribution in [3.05, 3.63) is 59.4 Å². The summed E-state index contributed by atoms with van der Waals surface area (Å²) in [7, 11) is 0. The molecule has 0 radical (unpaired) electrons. The first kappa shape index (κ1) is 11.2. The summed E-state index contributed by atoms with van der Waals surface area (Å²) in [5.74, 6) is 0.552. The molecule has 0 bridgehead atoms. The lowest BCUT2D eigenvalue weighted by atomic mass is 10.1. The zero-order valence-corrected chi connectivity index (χ0v) is 10.6. The summed E-state index contributed by atoms with van der Waals surface area (Å²) in [5.41, 5.74) is 3.18. The van der Waals surface area contributed by atoms with Crippen LogP contribution < -0.4 is 0 Å². The van der Waals surface area contributed by atoms with E-state index in [-0.39, 0.29) is 5.82 Å². The van der Waals surface area contributed by atoms with E-state index in [9.17, 15) is 4.39 Å². The number of rotatable bonds is 2. The smallest absolute Gasteiger partial charge is 0.142 e. The maximum atomic E-state index is 12.9. The SMILES string of the molecule is Cc1csc(-c2ccoc2-c2ccc(F)cc2)c1. The second-order valence-corrected chi connectivity index (χ2v) is 5.07. The number of hydrogen-bond donors (Lipinski definition) is 0. The lowest BCUT2D eigenvalue weighted by Crippen LogP contribution is -1.79. The third kappa shape index (κ3) is 1.97. The molecule has 0 saturated heterocycles. The molecule has 18 heavy (non-hydrogen) atoms. The van der Waals surface area contributed by atoms with E-state index in [2.05, 4.69) is 18.4 Å². The first-order valence-corrected chi connectivity index (χ1v) is 6.51. The van der Waals surface area contributed by atoms with Crippen LogP contribution in [0.4, 0.5) is 4.39 Å². The molecule has 0 N–H and O–H groups in total. The molecule has 90 valence electrons. The van der Waals surface area contributed by atoms with Crippen LogP contribution in [-0.4, -0.2) is 0 Å². The van der Waals surface area contributed by atoms with E-state index in [1.807, 2.05) is 6.07 Å². The van der Waals surface area contributed by atoms with E-state index >= 15 is 0 Å². The van der Waals surface area contributed by atoms with Gasteiger partial charge in [0.2, 0.25) is 0 Å². The zero-order valence-electron chi connectivity index (χ0n) is 9.81. The van der Waals surface area contributed by atoms with E-state index in [1.165, 1.54) is 22.6 Å². The second kappa shape index (κ2) is 4.42. The first-order valence-electron chi connectivity index (χ1n) is 5.63. The van der Waals surface area contributed by atoms with Crippen molar-refractivity contribution in [3.63, 3.8) is 0 Å². The van der Waals surface area contributed by atoms with Crippen LogP contribution in [0.3, 0.4) is 0 Å². The lowest BCUT2D eigenvalue weighted by Gasteiger charge is -2.00. The number of aryl methyl sites for hydroxylation is 1. The van der Waals surface area contributed by atoms with Gasteiger partial charge in [-0.1, -0.05) is 0 Å². The van der Waals surface area contributed by atoms with Crippen molar-refractivity contribution in [1.82, 2.24) is 0 Å². The fraction of sp³-hybridized carbons (Fsp3) is 0.0667. The van der Waals surface area contributed by atoms with Crippen molar-refractivity contribution in [1.29, 1.82) is 0 Å². The number of benzene rings is 1. The number of hydrogen-bond acceptors (Lipinski definition) is 2. The van der Waals surface area contributed by atoms with Crippen LogP contribution >= 0.6 is 11.3 Å². The summed E-state index contributed by atoms with van der Waals surface area (Å²) >= 11 is 1.69. The van der Waals surface area contributed by atoms with Gasteiger partial charge in [0.1, 0.15) is 11.6 Å². The van der Waals surface area contributed by atoms with Crippen LogP contribution in [0.25, 0.3) is 21.8 Å². The minimum Gasteiger partial charge on any atom is -0.464 e. The number of furan rings is 1. The summed E-state index contributed by atoms with van der Waals surface area (Å²) < 4.78 is 18.5. The Bertz CT molecular complexity index is 664. The van der Waals surface area contributed by atoms with Crippen LogP contribution in [0, 0.1) is 12.7 Å². The fourth-order valence-corrected chi connectivity index (χ4v) is 2.82. The van der Waals surface area contributed by atoms with Gasteiger partial charge in [-0.2, -0.15) is 0 Å². The van der Waals surface area contributed by atoms with E-state index in [0.29, 0.717) is 0 Å². The van der Waals surface area contributed by atoms with Gasteiger partial charge in [-0.25, -0.2) is 4.39 Å². The fourth-order valence-electron chi connectivity index (χ4n) is 1.90. The molecule has 0 saturated carbocycles. The van der Waals surface area contributed by atoms with Crippen molar-refractivity contribution in [3.8, 4) is 21.8 Å². The van der Waals surface area contributed by atoms with Crippen molar-refractivity contribution in [2.75, 3.05) is 0 Å².